The van der Waals surface area contributed by atoms with E-state index in [2.05, 4.69) is 5.43 Å². The van der Waals surface area contributed by atoms with E-state index in [0.717, 1.165) is 11.4 Å². The van der Waals surface area contributed by atoms with Gasteiger partial charge in [0.25, 0.3) is 0 Å². The van der Waals surface area contributed by atoms with Gasteiger partial charge in [0.15, 0.2) is 0 Å². The quantitative estimate of drug-likeness (QED) is 0.497. The summed E-state index contributed by atoms with van der Waals surface area (Å²) in [6.07, 6.45) is 0. The third-order valence-corrected chi connectivity index (χ3v) is 2.36. The zero-order valence-electron chi connectivity index (χ0n) is 9.61. The topological polar surface area (TPSA) is 58.4 Å². The molecule has 0 aromatic heterocycles. The van der Waals surface area contributed by atoms with Gasteiger partial charge in [-0.25, -0.2) is 10.6 Å². The highest BCUT2D eigenvalue weighted by atomic mass is 35.5. The standard InChI is InChI=1S/C13H13N3O.ClH/c14-15-13(17)16(11-7-3-1-4-8-11)12-9-5-2-6-10-12;/h1-10H,14H2,(H,15,17);1H. The van der Waals surface area contributed by atoms with E-state index >= 15 is 0 Å². The number of nitrogens with two attached hydrogens (primary N) is 1. The van der Waals surface area contributed by atoms with Gasteiger partial charge < -0.3 is 0 Å². The predicted molar refractivity (Wildman–Crippen MR) is 75.0 cm³/mol. The summed E-state index contributed by atoms with van der Waals surface area (Å²) in [6.45, 7) is 0. The lowest BCUT2D eigenvalue weighted by molar-refractivity contribution is 0.249. The van der Waals surface area contributed by atoms with Gasteiger partial charge in [-0.05, 0) is 24.3 Å². The molecule has 5 heteroatoms. The van der Waals surface area contributed by atoms with Crippen LogP contribution in [-0.4, -0.2) is 6.03 Å². The van der Waals surface area contributed by atoms with Crippen molar-refractivity contribution < 1.29 is 4.79 Å². The number of rotatable bonds is 2. The maximum absolute atomic E-state index is 11.8. The van der Waals surface area contributed by atoms with Crippen LogP contribution in [0, 0.1) is 0 Å². The molecule has 4 nitrogen and oxygen atoms in total. The van der Waals surface area contributed by atoms with E-state index < -0.39 is 0 Å². The Kier molecular flexibility index (Phi) is 5.17. The first-order chi connectivity index (χ1) is 8.33. The summed E-state index contributed by atoms with van der Waals surface area (Å²) in [5.74, 6) is 5.21. The third kappa shape index (κ3) is 3.00. The van der Waals surface area contributed by atoms with Gasteiger partial charge in [0.05, 0.1) is 11.4 Å². The number of hydrogen-bond acceptors (Lipinski definition) is 2. The SMILES string of the molecule is Cl.NNC(=O)N(c1ccccc1)c1ccccc1. The Balaban J connectivity index is 0.00000162. The van der Waals surface area contributed by atoms with E-state index in [1.165, 1.54) is 4.90 Å². The van der Waals surface area contributed by atoms with Crippen LogP contribution in [-0.2, 0) is 0 Å². The predicted octanol–water partition coefficient (Wildman–Crippen LogP) is 2.83. The number of para-hydroxylation sites is 2. The summed E-state index contributed by atoms with van der Waals surface area (Å²) in [5, 5.41) is 0. The molecule has 0 unspecified atom stereocenters. The molecule has 2 aromatic carbocycles. The molecule has 0 fully saturated rings. The minimum absolute atomic E-state index is 0. The molecule has 0 aliphatic rings. The fourth-order valence-electron chi connectivity index (χ4n) is 1.60. The molecule has 0 aliphatic carbocycles. The Morgan fingerprint density at radius 1 is 0.889 bits per heavy atom. The number of hydrogen-bond donors (Lipinski definition) is 2. The smallest absolute Gasteiger partial charge is 0.275 e. The van der Waals surface area contributed by atoms with Crippen molar-refractivity contribution in [2.75, 3.05) is 4.90 Å². The largest absolute Gasteiger partial charge is 0.340 e. The van der Waals surface area contributed by atoms with Gasteiger partial charge in [-0.1, -0.05) is 36.4 Å². The first kappa shape index (κ1) is 14.0. The molecule has 2 rings (SSSR count). The van der Waals surface area contributed by atoms with Gasteiger partial charge in [0.2, 0.25) is 0 Å². The number of carbonyl (C=O) groups is 1. The summed E-state index contributed by atoms with van der Waals surface area (Å²) < 4.78 is 0. The first-order valence-electron chi connectivity index (χ1n) is 5.23. The second kappa shape index (κ2) is 6.64. The summed E-state index contributed by atoms with van der Waals surface area (Å²) in [7, 11) is 0. The average molecular weight is 264 g/mol. The average Bonchev–Trinajstić information content (AvgIpc) is 2.41. The van der Waals surface area contributed by atoms with Gasteiger partial charge in [-0.15, -0.1) is 12.4 Å². The van der Waals surface area contributed by atoms with Crippen molar-refractivity contribution in [2.45, 2.75) is 0 Å². The molecule has 0 saturated carbocycles. The molecule has 0 spiro atoms. The van der Waals surface area contributed by atoms with Gasteiger partial charge in [-0.2, -0.15) is 0 Å². The monoisotopic (exact) mass is 263 g/mol. The summed E-state index contributed by atoms with van der Waals surface area (Å²) >= 11 is 0. The van der Waals surface area contributed by atoms with E-state index in [0.29, 0.717) is 0 Å². The number of benzene rings is 2. The normalized spacial score (nSPS) is 9.17. The van der Waals surface area contributed by atoms with Crippen molar-refractivity contribution >= 4 is 29.8 Å². The second-order valence-corrected chi connectivity index (χ2v) is 3.46. The van der Waals surface area contributed by atoms with Crippen molar-refractivity contribution in [1.82, 2.24) is 5.43 Å². The van der Waals surface area contributed by atoms with Crippen LogP contribution in [0.3, 0.4) is 0 Å². The molecule has 3 N–H and O–H groups in total. The van der Waals surface area contributed by atoms with Crippen LogP contribution in [0.15, 0.2) is 60.7 Å². The Labute approximate surface area is 112 Å². The van der Waals surface area contributed by atoms with Gasteiger partial charge in [-0.3, -0.25) is 10.3 Å². The van der Waals surface area contributed by atoms with Crippen LogP contribution in [0.5, 0.6) is 0 Å². The molecule has 0 atom stereocenters. The Bertz CT molecular complexity index is 451. The zero-order chi connectivity index (χ0) is 12.1. The number of urea groups is 1. The Hall–Kier alpha value is -2.04. The van der Waals surface area contributed by atoms with E-state index in [-0.39, 0.29) is 18.4 Å². The van der Waals surface area contributed by atoms with E-state index in [4.69, 9.17) is 5.84 Å². The lowest BCUT2D eigenvalue weighted by atomic mass is 10.2. The number of amides is 2. The van der Waals surface area contributed by atoms with Crippen LogP contribution < -0.4 is 16.2 Å². The van der Waals surface area contributed by atoms with Crippen LogP contribution in [0.2, 0.25) is 0 Å². The lowest BCUT2D eigenvalue weighted by Gasteiger charge is -2.21. The first-order valence-corrected chi connectivity index (χ1v) is 5.23. The number of nitrogens with one attached hydrogen (secondary N) is 1. The third-order valence-electron chi connectivity index (χ3n) is 2.36. The molecule has 18 heavy (non-hydrogen) atoms. The maximum atomic E-state index is 11.8. The minimum atomic E-state index is -0.373. The van der Waals surface area contributed by atoms with Gasteiger partial charge >= 0.3 is 6.03 Å². The number of halogens is 1. The molecule has 0 bridgehead atoms. The molecule has 0 radical (unpaired) electrons. The van der Waals surface area contributed by atoms with Crippen molar-refractivity contribution in [3.63, 3.8) is 0 Å². The fraction of sp³-hybridized carbons (Fsp3) is 0. The molecule has 0 heterocycles. The van der Waals surface area contributed by atoms with Gasteiger partial charge in [0.1, 0.15) is 0 Å². The lowest BCUT2D eigenvalue weighted by Crippen LogP contribution is -2.40. The van der Waals surface area contributed by atoms with Crippen molar-refractivity contribution in [1.29, 1.82) is 0 Å². The van der Waals surface area contributed by atoms with Crippen molar-refractivity contribution in [2.24, 2.45) is 5.84 Å². The maximum Gasteiger partial charge on any atom is 0.340 e. The Morgan fingerprint density at radius 3 is 1.61 bits per heavy atom. The summed E-state index contributed by atoms with van der Waals surface area (Å²) in [5.41, 5.74) is 3.68. The van der Waals surface area contributed by atoms with Gasteiger partial charge in [0, 0.05) is 0 Å². The highest BCUT2D eigenvalue weighted by Crippen LogP contribution is 2.24. The zero-order valence-corrected chi connectivity index (χ0v) is 10.4. The summed E-state index contributed by atoms with van der Waals surface area (Å²) in [4.78, 5) is 13.3. The molecule has 0 saturated heterocycles. The summed E-state index contributed by atoms with van der Waals surface area (Å²) in [6, 6.07) is 18.3. The van der Waals surface area contributed by atoms with E-state index in [9.17, 15) is 4.79 Å². The van der Waals surface area contributed by atoms with Crippen molar-refractivity contribution in [3.05, 3.63) is 60.7 Å². The van der Waals surface area contributed by atoms with Crippen LogP contribution in [0.25, 0.3) is 0 Å². The molecule has 2 aromatic rings. The van der Waals surface area contributed by atoms with E-state index in [1.54, 1.807) is 0 Å². The highest BCUT2D eigenvalue weighted by Gasteiger charge is 2.15. The fourth-order valence-corrected chi connectivity index (χ4v) is 1.60. The molecule has 94 valence electrons. The molecular weight excluding hydrogens is 250 g/mol. The van der Waals surface area contributed by atoms with Crippen molar-refractivity contribution in [3.8, 4) is 0 Å². The highest BCUT2D eigenvalue weighted by molar-refractivity contribution is 5.98. The number of carbonyl (C=O) groups excluding carboxylic acids is 1. The number of nitrogens with zero attached hydrogens (tertiary/aromatic N) is 1. The molecule has 2 amide bonds. The number of anilines is 2. The van der Waals surface area contributed by atoms with Crippen LogP contribution in [0.1, 0.15) is 0 Å². The van der Waals surface area contributed by atoms with Crippen LogP contribution in [0.4, 0.5) is 16.2 Å². The Morgan fingerprint density at radius 2 is 1.28 bits per heavy atom. The van der Waals surface area contributed by atoms with E-state index in [1.807, 2.05) is 60.7 Å². The molecule has 0 aliphatic heterocycles. The van der Waals surface area contributed by atoms with Crippen LogP contribution >= 0.6 is 12.4 Å². The minimum Gasteiger partial charge on any atom is -0.275 e. The molecular formula is C13H14ClN3O. The second-order valence-electron chi connectivity index (χ2n) is 3.46. The number of hydrazine groups is 1.